The Bertz CT molecular complexity index is 619. The van der Waals surface area contributed by atoms with Crippen molar-refractivity contribution in [2.45, 2.75) is 33.7 Å². The Kier molecular flexibility index (Phi) is 4.55. The molecule has 1 aromatic heterocycles. The van der Waals surface area contributed by atoms with Crippen LogP contribution in [0.25, 0.3) is 0 Å². The second kappa shape index (κ2) is 6.18. The van der Waals surface area contributed by atoms with Crippen LogP contribution in [0.2, 0.25) is 5.02 Å². The Balaban J connectivity index is 2.17. The molecule has 5 heteroatoms. The van der Waals surface area contributed by atoms with Crippen LogP contribution in [0.15, 0.2) is 24.5 Å². The van der Waals surface area contributed by atoms with Crippen molar-refractivity contribution < 1.29 is 4.79 Å². The SMILES string of the molecule is Cc1ccc(C(=O)Cc2ncnn2CC(C)C)c(Cl)c1. The summed E-state index contributed by atoms with van der Waals surface area (Å²) in [6.45, 7) is 6.90. The number of aromatic nitrogens is 3. The number of halogens is 1. The van der Waals surface area contributed by atoms with Gasteiger partial charge in [0.05, 0.1) is 11.4 Å². The van der Waals surface area contributed by atoms with Crippen LogP contribution in [0.5, 0.6) is 0 Å². The number of carbonyl (C=O) groups is 1. The van der Waals surface area contributed by atoms with Gasteiger partial charge in [0.15, 0.2) is 5.78 Å². The molecule has 0 saturated heterocycles. The van der Waals surface area contributed by atoms with Gasteiger partial charge in [0.25, 0.3) is 0 Å². The van der Waals surface area contributed by atoms with Crippen molar-refractivity contribution in [3.8, 4) is 0 Å². The number of nitrogens with zero attached hydrogens (tertiary/aromatic N) is 3. The maximum absolute atomic E-state index is 12.3. The minimum Gasteiger partial charge on any atom is -0.294 e. The first-order chi connectivity index (χ1) is 9.47. The molecule has 1 aromatic carbocycles. The molecule has 0 bridgehead atoms. The number of carbonyl (C=O) groups excluding carboxylic acids is 1. The summed E-state index contributed by atoms with van der Waals surface area (Å²) >= 11 is 6.12. The van der Waals surface area contributed by atoms with Gasteiger partial charge in [0, 0.05) is 12.1 Å². The van der Waals surface area contributed by atoms with E-state index in [1.807, 2.05) is 13.0 Å². The van der Waals surface area contributed by atoms with Crippen LogP contribution in [0.3, 0.4) is 0 Å². The predicted molar refractivity (Wildman–Crippen MR) is 79.1 cm³/mol. The molecule has 0 amide bonds. The van der Waals surface area contributed by atoms with Crippen LogP contribution >= 0.6 is 11.6 Å². The highest BCUT2D eigenvalue weighted by molar-refractivity contribution is 6.34. The molecule has 2 aromatic rings. The first kappa shape index (κ1) is 14.7. The molecular formula is C15H18ClN3O. The van der Waals surface area contributed by atoms with Crippen LogP contribution in [0.1, 0.15) is 35.6 Å². The average Bonchev–Trinajstić information content (AvgIpc) is 2.75. The van der Waals surface area contributed by atoms with Gasteiger partial charge in [-0.25, -0.2) is 9.67 Å². The lowest BCUT2D eigenvalue weighted by molar-refractivity contribution is 0.0989. The lowest BCUT2D eigenvalue weighted by Gasteiger charge is -2.09. The molecule has 0 radical (unpaired) electrons. The molecule has 0 unspecified atom stereocenters. The molecule has 0 N–H and O–H groups in total. The van der Waals surface area contributed by atoms with E-state index in [1.54, 1.807) is 16.8 Å². The van der Waals surface area contributed by atoms with E-state index < -0.39 is 0 Å². The minimum absolute atomic E-state index is 0.0343. The van der Waals surface area contributed by atoms with Crippen LogP contribution < -0.4 is 0 Å². The van der Waals surface area contributed by atoms with Gasteiger partial charge in [-0.05, 0) is 30.5 Å². The lowest BCUT2D eigenvalue weighted by Crippen LogP contribution is -2.14. The Labute approximate surface area is 123 Å². The summed E-state index contributed by atoms with van der Waals surface area (Å²) in [6, 6.07) is 5.45. The van der Waals surface area contributed by atoms with Crippen LogP contribution in [-0.4, -0.2) is 20.5 Å². The molecule has 4 nitrogen and oxygen atoms in total. The topological polar surface area (TPSA) is 47.8 Å². The van der Waals surface area contributed by atoms with Gasteiger partial charge in [0.1, 0.15) is 12.2 Å². The zero-order valence-corrected chi connectivity index (χ0v) is 12.7. The molecule has 0 atom stereocenters. The summed E-state index contributed by atoms with van der Waals surface area (Å²) in [5.41, 5.74) is 1.57. The zero-order chi connectivity index (χ0) is 14.7. The van der Waals surface area contributed by atoms with Gasteiger partial charge in [-0.2, -0.15) is 5.10 Å². The summed E-state index contributed by atoms with van der Waals surface area (Å²) in [5.74, 6) is 1.10. The molecule has 0 saturated carbocycles. The molecule has 0 spiro atoms. The molecule has 1 heterocycles. The average molecular weight is 292 g/mol. The van der Waals surface area contributed by atoms with Crippen molar-refractivity contribution in [3.05, 3.63) is 46.5 Å². The summed E-state index contributed by atoms with van der Waals surface area (Å²) in [5, 5.41) is 4.65. The van der Waals surface area contributed by atoms with E-state index in [1.165, 1.54) is 6.33 Å². The second-order valence-corrected chi connectivity index (χ2v) is 5.74. The van der Waals surface area contributed by atoms with Crippen molar-refractivity contribution in [3.63, 3.8) is 0 Å². The smallest absolute Gasteiger partial charge is 0.171 e. The number of Topliss-reactive ketones (excluding diaryl/α,β-unsaturated/α-hetero) is 1. The fourth-order valence-electron chi connectivity index (χ4n) is 2.01. The number of aryl methyl sites for hydroxylation is 1. The molecule has 0 aliphatic carbocycles. The van der Waals surface area contributed by atoms with Crippen LogP contribution in [0, 0.1) is 12.8 Å². The van der Waals surface area contributed by atoms with Crippen molar-refractivity contribution in [1.82, 2.24) is 14.8 Å². The Morgan fingerprint density at radius 3 is 2.80 bits per heavy atom. The summed E-state index contributed by atoms with van der Waals surface area (Å²) in [7, 11) is 0. The van der Waals surface area contributed by atoms with E-state index in [9.17, 15) is 4.79 Å². The molecule has 0 fully saturated rings. The second-order valence-electron chi connectivity index (χ2n) is 5.34. The molecule has 0 aliphatic heterocycles. The molecule has 20 heavy (non-hydrogen) atoms. The predicted octanol–water partition coefficient (Wildman–Crippen LogP) is 3.32. The van der Waals surface area contributed by atoms with E-state index in [2.05, 4.69) is 23.9 Å². The standard InChI is InChI=1S/C15H18ClN3O/c1-10(2)8-19-15(17-9-18-19)7-14(20)12-5-4-11(3)6-13(12)16/h4-6,9-10H,7-8H2,1-3H3. The summed E-state index contributed by atoms with van der Waals surface area (Å²) in [6.07, 6.45) is 1.71. The van der Waals surface area contributed by atoms with Gasteiger partial charge in [0.2, 0.25) is 0 Å². The monoisotopic (exact) mass is 291 g/mol. The van der Waals surface area contributed by atoms with Gasteiger partial charge in [-0.3, -0.25) is 4.79 Å². The van der Waals surface area contributed by atoms with Gasteiger partial charge in [-0.15, -0.1) is 0 Å². The van der Waals surface area contributed by atoms with Crippen LogP contribution in [-0.2, 0) is 13.0 Å². The van der Waals surface area contributed by atoms with E-state index in [-0.39, 0.29) is 12.2 Å². The molecule has 106 valence electrons. The van der Waals surface area contributed by atoms with E-state index >= 15 is 0 Å². The largest absolute Gasteiger partial charge is 0.294 e. The zero-order valence-electron chi connectivity index (χ0n) is 11.9. The van der Waals surface area contributed by atoms with Crippen molar-refractivity contribution in [1.29, 1.82) is 0 Å². The van der Waals surface area contributed by atoms with Crippen LogP contribution in [0.4, 0.5) is 0 Å². The Morgan fingerprint density at radius 1 is 1.40 bits per heavy atom. The van der Waals surface area contributed by atoms with Crippen molar-refractivity contribution in [2.24, 2.45) is 5.92 Å². The fourth-order valence-corrected chi connectivity index (χ4v) is 2.35. The Morgan fingerprint density at radius 2 is 2.15 bits per heavy atom. The first-order valence-electron chi connectivity index (χ1n) is 6.63. The number of rotatable bonds is 5. The minimum atomic E-state index is -0.0343. The van der Waals surface area contributed by atoms with Crippen molar-refractivity contribution in [2.75, 3.05) is 0 Å². The Hall–Kier alpha value is -1.68. The van der Waals surface area contributed by atoms with E-state index in [0.29, 0.717) is 22.3 Å². The lowest BCUT2D eigenvalue weighted by atomic mass is 10.1. The van der Waals surface area contributed by atoms with Crippen molar-refractivity contribution >= 4 is 17.4 Å². The maximum atomic E-state index is 12.3. The molecule has 2 rings (SSSR count). The molecular weight excluding hydrogens is 274 g/mol. The number of benzene rings is 1. The third-order valence-electron chi connectivity index (χ3n) is 2.98. The van der Waals surface area contributed by atoms with Gasteiger partial charge in [-0.1, -0.05) is 31.5 Å². The van der Waals surface area contributed by atoms with Gasteiger partial charge >= 0.3 is 0 Å². The van der Waals surface area contributed by atoms with Gasteiger partial charge < -0.3 is 0 Å². The van der Waals surface area contributed by atoms with E-state index in [0.717, 1.165) is 12.1 Å². The third-order valence-corrected chi connectivity index (χ3v) is 3.29. The third kappa shape index (κ3) is 3.45. The highest BCUT2D eigenvalue weighted by atomic mass is 35.5. The quantitative estimate of drug-likeness (QED) is 0.794. The summed E-state index contributed by atoms with van der Waals surface area (Å²) < 4.78 is 1.78. The number of ketones is 1. The maximum Gasteiger partial charge on any atom is 0.171 e. The molecule has 0 aliphatic rings. The number of hydrogen-bond acceptors (Lipinski definition) is 3. The highest BCUT2D eigenvalue weighted by Gasteiger charge is 2.15. The normalized spacial score (nSPS) is 11.1. The highest BCUT2D eigenvalue weighted by Crippen LogP contribution is 2.19. The van der Waals surface area contributed by atoms with E-state index in [4.69, 9.17) is 11.6 Å². The summed E-state index contributed by atoms with van der Waals surface area (Å²) in [4.78, 5) is 16.5. The fraction of sp³-hybridized carbons (Fsp3) is 0.400. The first-order valence-corrected chi connectivity index (χ1v) is 7.01. The number of hydrogen-bond donors (Lipinski definition) is 0.